The van der Waals surface area contributed by atoms with Gasteiger partial charge in [-0.1, -0.05) is 12.6 Å². The van der Waals surface area contributed by atoms with Gasteiger partial charge in [-0.25, -0.2) is 0 Å². The van der Waals surface area contributed by atoms with Crippen molar-refractivity contribution in [3.05, 3.63) is 48.2 Å². The average molecular weight is 327 g/mol. The third kappa shape index (κ3) is 2.80. The zero-order valence-corrected chi connectivity index (χ0v) is 13.4. The van der Waals surface area contributed by atoms with Gasteiger partial charge >= 0.3 is 0 Å². The fourth-order valence-electron chi connectivity index (χ4n) is 3.61. The number of aromatic amines is 1. The van der Waals surface area contributed by atoms with Crippen LogP contribution in [0.5, 0.6) is 0 Å². The average Bonchev–Trinajstić information content (AvgIpc) is 3.09. The number of hydrogen-bond donors (Lipinski definition) is 3. The second-order valence-corrected chi connectivity index (χ2v) is 6.26. The van der Waals surface area contributed by atoms with Crippen LogP contribution in [-0.4, -0.2) is 46.5 Å². The van der Waals surface area contributed by atoms with Crippen molar-refractivity contribution in [3.8, 4) is 0 Å². The van der Waals surface area contributed by atoms with Crippen LogP contribution in [0.2, 0.25) is 0 Å². The van der Waals surface area contributed by atoms with Crippen molar-refractivity contribution in [1.29, 1.82) is 0 Å². The van der Waals surface area contributed by atoms with Crippen molar-refractivity contribution in [2.75, 3.05) is 19.7 Å². The minimum absolute atomic E-state index is 0.0254. The Labute approximate surface area is 139 Å². The Balaban J connectivity index is 2.01. The number of aliphatic hydroxyl groups excluding tert-OH is 1. The summed E-state index contributed by atoms with van der Waals surface area (Å²) in [5, 5.41) is 10.5. The number of likely N-dealkylation sites (tertiary alicyclic amines) is 1. The van der Waals surface area contributed by atoms with Gasteiger partial charge in [0.05, 0.1) is 11.1 Å². The van der Waals surface area contributed by atoms with E-state index < -0.39 is 5.91 Å². The summed E-state index contributed by atoms with van der Waals surface area (Å²) in [6.45, 7) is 4.68. The Morgan fingerprint density at radius 3 is 2.83 bits per heavy atom. The van der Waals surface area contributed by atoms with Crippen LogP contribution >= 0.6 is 0 Å². The number of benzene rings is 1. The van der Waals surface area contributed by atoms with E-state index in [2.05, 4.69) is 11.6 Å². The van der Waals surface area contributed by atoms with Crippen LogP contribution in [0.3, 0.4) is 0 Å². The Bertz CT molecular complexity index is 796. The summed E-state index contributed by atoms with van der Waals surface area (Å²) in [6.07, 6.45) is 3.87. The van der Waals surface area contributed by atoms with Crippen molar-refractivity contribution in [1.82, 2.24) is 9.88 Å². The highest BCUT2D eigenvalue weighted by atomic mass is 16.3. The molecule has 2 aromatic rings. The second kappa shape index (κ2) is 6.49. The number of nitrogens with one attached hydrogen (secondary N) is 1. The predicted molar refractivity (Wildman–Crippen MR) is 91.5 cm³/mol. The molecule has 0 saturated carbocycles. The maximum absolute atomic E-state index is 12.0. The summed E-state index contributed by atoms with van der Waals surface area (Å²) in [4.78, 5) is 28.4. The lowest BCUT2D eigenvalue weighted by Gasteiger charge is -2.37. The maximum atomic E-state index is 12.0. The molecule has 0 unspecified atom stereocenters. The third-order valence-electron chi connectivity index (χ3n) is 4.74. The van der Waals surface area contributed by atoms with Crippen LogP contribution < -0.4 is 5.73 Å². The highest BCUT2D eigenvalue weighted by Gasteiger charge is 2.31. The van der Waals surface area contributed by atoms with E-state index >= 15 is 0 Å². The lowest BCUT2D eigenvalue weighted by atomic mass is 9.83. The first-order chi connectivity index (χ1) is 11.5. The van der Waals surface area contributed by atoms with Crippen LogP contribution in [0.25, 0.3) is 10.9 Å². The molecule has 4 N–H and O–H groups in total. The molecule has 6 heteroatoms. The quantitative estimate of drug-likeness (QED) is 0.740. The number of fused-ring (bicyclic) bond motifs is 1. The smallest absolute Gasteiger partial charge is 0.250 e. The summed E-state index contributed by atoms with van der Waals surface area (Å²) < 4.78 is 0. The SMILES string of the molecule is C=CC(=O)N1C[C@@H](CO)C[C@H](c2ccc(C(N)=O)c3[nH]ccc23)C1. The first kappa shape index (κ1) is 16.3. The number of aromatic nitrogens is 1. The van der Waals surface area contributed by atoms with Gasteiger partial charge in [0, 0.05) is 43.1 Å². The van der Waals surface area contributed by atoms with Crippen molar-refractivity contribution >= 4 is 22.7 Å². The van der Waals surface area contributed by atoms with Gasteiger partial charge in [-0.3, -0.25) is 9.59 Å². The zero-order valence-electron chi connectivity index (χ0n) is 13.4. The van der Waals surface area contributed by atoms with Gasteiger partial charge in [0.25, 0.3) is 5.91 Å². The summed E-state index contributed by atoms with van der Waals surface area (Å²) in [5.41, 5.74) is 7.65. The number of H-pyrrole nitrogens is 1. The molecule has 1 aliphatic heterocycles. The number of nitrogens with two attached hydrogens (primary N) is 1. The first-order valence-corrected chi connectivity index (χ1v) is 7.97. The molecule has 3 rings (SSSR count). The molecular weight excluding hydrogens is 306 g/mol. The summed E-state index contributed by atoms with van der Waals surface area (Å²) in [6, 6.07) is 5.54. The molecule has 2 heterocycles. The van der Waals surface area contributed by atoms with E-state index in [1.807, 2.05) is 12.1 Å². The molecule has 2 atom stereocenters. The van der Waals surface area contributed by atoms with Gasteiger partial charge in [-0.05, 0) is 30.2 Å². The number of amides is 2. The van der Waals surface area contributed by atoms with E-state index in [9.17, 15) is 14.7 Å². The molecule has 1 aliphatic rings. The Kier molecular flexibility index (Phi) is 4.40. The van der Waals surface area contributed by atoms with E-state index in [4.69, 9.17) is 5.73 Å². The highest BCUT2D eigenvalue weighted by Crippen LogP contribution is 2.35. The number of nitrogens with zero attached hydrogens (tertiary/aromatic N) is 1. The molecule has 0 bridgehead atoms. The molecular formula is C18H21N3O3. The monoisotopic (exact) mass is 327 g/mol. The summed E-state index contributed by atoms with van der Waals surface area (Å²) in [7, 11) is 0. The largest absolute Gasteiger partial charge is 0.396 e. The number of hydrogen-bond acceptors (Lipinski definition) is 3. The Morgan fingerprint density at radius 2 is 2.17 bits per heavy atom. The highest BCUT2D eigenvalue weighted by molar-refractivity contribution is 6.05. The molecule has 2 amide bonds. The zero-order chi connectivity index (χ0) is 17.3. The van der Waals surface area contributed by atoms with Gasteiger partial charge in [-0.15, -0.1) is 0 Å². The fraction of sp³-hybridized carbons (Fsp3) is 0.333. The van der Waals surface area contributed by atoms with E-state index in [0.29, 0.717) is 24.2 Å². The minimum Gasteiger partial charge on any atom is -0.396 e. The van der Waals surface area contributed by atoms with Gasteiger partial charge in [-0.2, -0.15) is 0 Å². The molecule has 0 aliphatic carbocycles. The van der Waals surface area contributed by atoms with E-state index in [1.165, 1.54) is 6.08 Å². The van der Waals surface area contributed by atoms with Crippen LogP contribution in [0.15, 0.2) is 37.1 Å². The number of aliphatic hydroxyl groups is 1. The number of carbonyl (C=O) groups is 2. The lowest BCUT2D eigenvalue weighted by Crippen LogP contribution is -2.43. The molecule has 0 spiro atoms. The second-order valence-electron chi connectivity index (χ2n) is 6.26. The number of primary amides is 1. The first-order valence-electron chi connectivity index (χ1n) is 7.97. The number of piperidine rings is 1. The number of carbonyl (C=O) groups excluding carboxylic acids is 2. The van der Waals surface area contributed by atoms with Crippen LogP contribution in [0.1, 0.15) is 28.3 Å². The maximum Gasteiger partial charge on any atom is 0.250 e. The topological polar surface area (TPSA) is 99.4 Å². The molecule has 0 radical (unpaired) electrons. The van der Waals surface area contributed by atoms with Crippen molar-refractivity contribution in [2.24, 2.45) is 11.7 Å². The molecule has 126 valence electrons. The predicted octanol–water partition coefficient (Wildman–Crippen LogP) is 1.38. The van der Waals surface area contributed by atoms with Crippen LogP contribution in [0, 0.1) is 5.92 Å². The summed E-state index contributed by atoms with van der Waals surface area (Å²) in [5.74, 6) is -0.496. The standard InChI is InChI=1S/C18H21N3O3/c1-2-16(23)21-8-11(10-22)7-12(9-21)13-3-4-15(18(19)24)17-14(13)5-6-20-17/h2-6,11-12,20,22H,1,7-10H2,(H2,19,24)/t11-,12-/m0/s1. The summed E-state index contributed by atoms with van der Waals surface area (Å²) >= 11 is 0. The van der Waals surface area contributed by atoms with Gasteiger partial charge in [0.1, 0.15) is 0 Å². The van der Waals surface area contributed by atoms with Gasteiger partial charge in [0.15, 0.2) is 0 Å². The van der Waals surface area contributed by atoms with Crippen molar-refractivity contribution < 1.29 is 14.7 Å². The van der Waals surface area contributed by atoms with Crippen molar-refractivity contribution in [3.63, 3.8) is 0 Å². The van der Waals surface area contributed by atoms with Gasteiger partial charge in [0.2, 0.25) is 5.91 Å². The molecule has 1 aromatic heterocycles. The normalized spacial score (nSPS) is 21.0. The molecule has 1 saturated heterocycles. The molecule has 1 fully saturated rings. The van der Waals surface area contributed by atoms with Crippen molar-refractivity contribution in [2.45, 2.75) is 12.3 Å². The lowest BCUT2D eigenvalue weighted by molar-refractivity contribution is -0.128. The third-order valence-corrected chi connectivity index (χ3v) is 4.74. The Morgan fingerprint density at radius 1 is 1.38 bits per heavy atom. The van der Waals surface area contributed by atoms with Gasteiger partial charge < -0.3 is 20.7 Å². The van der Waals surface area contributed by atoms with E-state index in [0.717, 1.165) is 17.4 Å². The Hall–Kier alpha value is -2.60. The fourth-order valence-corrected chi connectivity index (χ4v) is 3.61. The van der Waals surface area contributed by atoms with E-state index in [1.54, 1.807) is 17.2 Å². The molecule has 24 heavy (non-hydrogen) atoms. The van der Waals surface area contributed by atoms with E-state index in [-0.39, 0.29) is 24.3 Å². The molecule has 6 nitrogen and oxygen atoms in total. The minimum atomic E-state index is -0.477. The molecule has 1 aromatic carbocycles. The van der Waals surface area contributed by atoms with Crippen LogP contribution in [0.4, 0.5) is 0 Å². The number of rotatable bonds is 4. The van der Waals surface area contributed by atoms with Crippen LogP contribution in [-0.2, 0) is 4.79 Å².